The van der Waals surface area contributed by atoms with Crippen LogP contribution in [0.25, 0.3) is 0 Å². The number of hydrogen-bond donors (Lipinski definition) is 2. The van der Waals surface area contributed by atoms with Gasteiger partial charge in [-0.3, -0.25) is 9.59 Å². The molecular weight excluding hydrogens is 364 g/mol. The van der Waals surface area contributed by atoms with Crippen molar-refractivity contribution >= 4 is 23.2 Å². The van der Waals surface area contributed by atoms with Crippen LogP contribution in [0.2, 0.25) is 0 Å². The molecule has 6 nitrogen and oxygen atoms in total. The van der Waals surface area contributed by atoms with Gasteiger partial charge in [-0.15, -0.1) is 0 Å². The molecule has 1 fully saturated rings. The predicted octanol–water partition coefficient (Wildman–Crippen LogP) is 3.25. The molecule has 1 aliphatic carbocycles. The lowest BCUT2D eigenvalue weighted by atomic mass is 10.00. The molecule has 0 spiro atoms. The van der Waals surface area contributed by atoms with Crippen molar-refractivity contribution in [1.82, 2.24) is 5.32 Å². The Hall–Kier alpha value is -3.33. The van der Waals surface area contributed by atoms with Crippen molar-refractivity contribution < 1.29 is 9.59 Å². The van der Waals surface area contributed by atoms with Gasteiger partial charge in [0.15, 0.2) is 0 Å². The molecule has 4 rings (SSSR count). The van der Waals surface area contributed by atoms with E-state index in [1.54, 1.807) is 24.3 Å². The zero-order chi connectivity index (χ0) is 20.3. The van der Waals surface area contributed by atoms with Gasteiger partial charge in [-0.2, -0.15) is 5.26 Å². The molecule has 0 atom stereocenters. The molecule has 29 heavy (non-hydrogen) atoms. The second-order valence-corrected chi connectivity index (χ2v) is 7.72. The Morgan fingerprint density at radius 3 is 2.52 bits per heavy atom. The number of rotatable bonds is 5. The van der Waals surface area contributed by atoms with Crippen LogP contribution >= 0.6 is 0 Å². The average Bonchev–Trinajstić information content (AvgIpc) is 3.40. The number of carbonyl (C=O) groups excluding carboxylic acids is 2. The van der Waals surface area contributed by atoms with Crippen LogP contribution in [-0.2, 0) is 11.2 Å². The first-order chi connectivity index (χ1) is 14.1. The first kappa shape index (κ1) is 19.0. The number of para-hydroxylation sites is 1. The van der Waals surface area contributed by atoms with Gasteiger partial charge in [0.05, 0.1) is 12.6 Å². The number of benzene rings is 2. The van der Waals surface area contributed by atoms with Gasteiger partial charge in [-0.05, 0) is 68.0 Å². The van der Waals surface area contributed by atoms with E-state index in [1.807, 2.05) is 23.1 Å². The lowest BCUT2D eigenvalue weighted by Gasteiger charge is -2.22. The third-order valence-corrected chi connectivity index (χ3v) is 5.77. The van der Waals surface area contributed by atoms with Crippen LogP contribution in [0.3, 0.4) is 0 Å². The van der Waals surface area contributed by atoms with Gasteiger partial charge < -0.3 is 15.5 Å². The summed E-state index contributed by atoms with van der Waals surface area (Å²) in [5.41, 5.74) is 2.85. The number of nitriles is 1. The molecule has 0 aromatic heterocycles. The Kier molecular flexibility index (Phi) is 5.22. The van der Waals surface area contributed by atoms with Crippen LogP contribution in [-0.4, -0.2) is 30.4 Å². The summed E-state index contributed by atoms with van der Waals surface area (Å²) in [6.07, 6.45) is 4.24. The number of nitrogens with zero attached hydrogens (tertiary/aromatic N) is 2. The maximum atomic E-state index is 12.9. The standard InChI is InChI=1S/C23H24N4O2/c24-16-23(12-3-4-13-23)26-21(28)15-25-19-9-7-18(8-10-19)22(29)27-14-11-17-5-1-2-6-20(17)27/h1-2,5-10,25H,3-4,11-15H2,(H,26,28). The summed E-state index contributed by atoms with van der Waals surface area (Å²) >= 11 is 0. The summed E-state index contributed by atoms with van der Waals surface area (Å²) in [7, 11) is 0. The van der Waals surface area contributed by atoms with E-state index in [0.717, 1.165) is 30.6 Å². The largest absolute Gasteiger partial charge is 0.376 e. The summed E-state index contributed by atoms with van der Waals surface area (Å²) < 4.78 is 0. The van der Waals surface area contributed by atoms with Crippen LogP contribution in [0.15, 0.2) is 48.5 Å². The predicted molar refractivity (Wildman–Crippen MR) is 112 cm³/mol. The quantitative estimate of drug-likeness (QED) is 0.823. The Morgan fingerprint density at radius 1 is 1.07 bits per heavy atom. The summed E-state index contributed by atoms with van der Waals surface area (Å²) in [6.45, 7) is 0.787. The molecule has 6 heteroatoms. The first-order valence-corrected chi connectivity index (χ1v) is 10.1. The third kappa shape index (κ3) is 3.95. The Labute approximate surface area is 170 Å². The molecule has 1 heterocycles. The Morgan fingerprint density at radius 2 is 1.79 bits per heavy atom. The SMILES string of the molecule is N#CC1(NC(=O)CNc2ccc(C(=O)N3CCc4ccccc43)cc2)CCCC1. The normalized spacial score (nSPS) is 16.7. The van der Waals surface area contributed by atoms with E-state index >= 15 is 0 Å². The number of nitrogens with one attached hydrogen (secondary N) is 2. The first-order valence-electron chi connectivity index (χ1n) is 10.1. The van der Waals surface area contributed by atoms with Crippen LogP contribution in [0.1, 0.15) is 41.6 Å². The molecule has 0 unspecified atom stereocenters. The van der Waals surface area contributed by atoms with E-state index in [9.17, 15) is 14.9 Å². The van der Waals surface area contributed by atoms with E-state index in [1.165, 1.54) is 5.56 Å². The van der Waals surface area contributed by atoms with E-state index in [0.29, 0.717) is 24.9 Å². The van der Waals surface area contributed by atoms with Crippen molar-refractivity contribution in [3.63, 3.8) is 0 Å². The van der Waals surface area contributed by atoms with Crippen molar-refractivity contribution in [3.8, 4) is 6.07 Å². The second kappa shape index (κ2) is 7.96. The van der Waals surface area contributed by atoms with Crippen LogP contribution in [0.4, 0.5) is 11.4 Å². The fraction of sp³-hybridized carbons (Fsp3) is 0.348. The molecule has 1 saturated carbocycles. The zero-order valence-electron chi connectivity index (χ0n) is 16.3. The maximum Gasteiger partial charge on any atom is 0.258 e. The van der Waals surface area contributed by atoms with Gasteiger partial charge in [0.2, 0.25) is 5.91 Å². The minimum absolute atomic E-state index is 0.0172. The summed E-state index contributed by atoms with van der Waals surface area (Å²) in [4.78, 5) is 26.9. The minimum Gasteiger partial charge on any atom is -0.376 e. The third-order valence-electron chi connectivity index (χ3n) is 5.77. The number of amides is 2. The summed E-state index contributed by atoms with van der Waals surface area (Å²) in [6, 6.07) is 17.4. The van der Waals surface area contributed by atoms with Crippen LogP contribution < -0.4 is 15.5 Å². The molecule has 2 amide bonds. The molecule has 2 N–H and O–H groups in total. The highest BCUT2D eigenvalue weighted by molar-refractivity contribution is 6.07. The van der Waals surface area contributed by atoms with E-state index in [-0.39, 0.29) is 18.4 Å². The summed E-state index contributed by atoms with van der Waals surface area (Å²) in [5.74, 6) is -0.210. The monoisotopic (exact) mass is 388 g/mol. The lowest BCUT2D eigenvalue weighted by Crippen LogP contribution is -2.47. The molecule has 1 aliphatic heterocycles. The number of hydrogen-bond acceptors (Lipinski definition) is 4. The highest BCUT2D eigenvalue weighted by atomic mass is 16.2. The van der Waals surface area contributed by atoms with Gasteiger partial charge >= 0.3 is 0 Å². The minimum atomic E-state index is -0.707. The average molecular weight is 388 g/mol. The zero-order valence-corrected chi connectivity index (χ0v) is 16.3. The van der Waals surface area contributed by atoms with Gasteiger partial charge in [0, 0.05) is 23.5 Å². The highest BCUT2D eigenvalue weighted by Crippen LogP contribution is 2.30. The molecule has 2 aromatic rings. The van der Waals surface area contributed by atoms with Gasteiger partial charge in [0.1, 0.15) is 5.54 Å². The van der Waals surface area contributed by atoms with Crippen molar-refractivity contribution in [2.45, 2.75) is 37.6 Å². The molecule has 0 saturated heterocycles. The summed E-state index contributed by atoms with van der Waals surface area (Å²) in [5, 5.41) is 15.3. The molecule has 0 radical (unpaired) electrons. The molecule has 2 aromatic carbocycles. The van der Waals surface area contributed by atoms with E-state index in [2.05, 4.69) is 22.8 Å². The van der Waals surface area contributed by atoms with Crippen molar-refractivity contribution in [2.24, 2.45) is 0 Å². The topological polar surface area (TPSA) is 85.2 Å². The number of fused-ring (bicyclic) bond motifs is 1. The Balaban J connectivity index is 1.34. The van der Waals surface area contributed by atoms with E-state index < -0.39 is 5.54 Å². The molecule has 148 valence electrons. The van der Waals surface area contributed by atoms with Gasteiger partial charge in [0.25, 0.3) is 5.91 Å². The van der Waals surface area contributed by atoms with E-state index in [4.69, 9.17) is 0 Å². The highest BCUT2D eigenvalue weighted by Gasteiger charge is 2.35. The van der Waals surface area contributed by atoms with Gasteiger partial charge in [-0.1, -0.05) is 18.2 Å². The van der Waals surface area contributed by atoms with Crippen LogP contribution in [0.5, 0.6) is 0 Å². The molecule has 2 aliphatic rings. The molecular formula is C23H24N4O2. The van der Waals surface area contributed by atoms with Crippen molar-refractivity contribution in [3.05, 3.63) is 59.7 Å². The second-order valence-electron chi connectivity index (χ2n) is 7.72. The smallest absolute Gasteiger partial charge is 0.258 e. The fourth-order valence-corrected chi connectivity index (χ4v) is 4.17. The number of carbonyl (C=O) groups is 2. The van der Waals surface area contributed by atoms with Crippen LogP contribution in [0, 0.1) is 11.3 Å². The molecule has 0 bridgehead atoms. The number of anilines is 2. The lowest BCUT2D eigenvalue weighted by molar-refractivity contribution is -0.120. The maximum absolute atomic E-state index is 12.9. The van der Waals surface area contributed by atoms with Crippen molar-refractivity contribution in [2.75, 3.05) is 23.3 Å². The van der Waals surface area contributed by atoms with Gasteiger partial charge in [-0.25, -0.2) is 0 Å². The fourth-order valence-electron chi connectivity index (χ4n) is 4.17. The Bertz CT molecular complexity index is 956. The van der Waals surface area contributed by atoms with Crippen molar-refractivity contribution in [1.29, 1.82) is 5.26 Å².